The molecule has 0 aliphatic heterocycles. The van der Waals surface area contributed by atoms with Gasteiger partial charge in [-0.05, 0) is 31.2 Å². The Hall–Kier alpha value is -2.15. The van der Waals surface area contributed by atoms with Crippen LogP contribution in [-0.2, 0) is 22.1 Å². The van der Waals surface area contributed by atoms with E-state index in [1.54, 1.807) is 10.9 Å². The third kappa shape index (κ3) is 3.05. The molecule has 7 heteroatoms. The number of hydrogen-bond acceptors (Lipinski definition) is 4. The third-order valence-electron chi connectivity index (χ3n) is 2.83. The summed E-state index contributed by atoms with van der Waals surface area (Å²) >= 11 is 0. The minimum atomic E-state index is -3.50. The van der Waals surface area contributed by atoms with Gasteiger partial charge in [0.25, 0.3) is 0 Å². The molecule has 0 unspecified atom stereocenters. The number of rotatable bonds is 5. The van der Waals surface area contributed by atoms with Crippen LogP contribution in [-0.4, -0.2) is 29.3 Å². The van der Waals surface area contributed by atoms with Gasteiger partial charge in [0.1, 0.15) is 0 Å². The van der Waals surface area contributed by atoms with E-state index in [1.807, 2.05) is 6.92 Å². The van der Waals surface area contributed by atoms with Gasteiger partial charge in [-0.15, -0.1) is 0 Å². The Morgan fingerprint density at radius 1 is 1.30 bits per heavy atom. The lowest BCUT2D eigenvalue weighted by Crippen LogP contribution is -2.05. The third-order valence-corrected chi connectivity index (χ3v) is 4.53. The van der Waals surface area contributed by atoms with Gasteiger partial charge < -0.3 is 5.11 Å². The fourth-order valence-corrected chi connectivity index (χ4v) is 3.07. The number of carboxylic acid groups (broad SMARTS) is 1. The molecule has 0 atom stereocenters. The maximum Gasteiger partial charge on any atom is 0.335 e. The van der Waals surface area contributed by atoms with E-state index in [1.165, 1.54) is 30.5 Å². The number of benzene rings is 1. The highest BCUT2D eigenvalue weighted by Crippen LogP contribution is 2.17. The normalized spacial score (nSPS) is 11.4. The standard InChI is InChI=1S/C13H14N2O4S/c1-2-15-8-10(7-14-15)9-20(18,19)12-5-3-11(4-6-12)13(16)17/h3-8H,2,9H2,1H3,(H,16,17). The molecule has 0 bridgehead atoms. The van der Waals surface area contributed by atoms with Crippen LogP contribution in [0.2, 0.25) is 0 Å². The molecule has 1 aromatic heterocycles. The minimum Gasteiger partial charge on any atom is -0.478 e. The number of hydrogen-bond donors (Lipinski definition) is 1. The summed E-state index contributed by atoms with van der Waals surface area (Å²) in [5.41, 5.74) is 0.664. The van der Waals surface area contributed by atoms with Gasteiger partial charge in [0.2, 0.25) is 0 Å². The van der Waals surface area contributed by atoms with E-state index in [4.69, 9.17) is 5.11 Å². The molecule has 0 saturated carbocycles. The Kier molecular flexibility index (Phi) is 3.89. The lowest BCUT2D eigenvalue weighted by atomic mass is 10.2. The van der Waals surface area contributed by atoms with Crippen molar-refractivity contribution in [1.82, 2.24) is 9.78 Å². The molecule has 2 rings (SSSR count). The molecular formula is C13H14N2O4S. The number of carboxylic acids is 1. The fraction of sp³-hybridized carbons (Fsp3) is 0.231. The SMILES string of the molecule is CCn1cc(CS(=O)(=O)c2ccc(C(=O)O)cc2)cn1. The van der Waals surface area contributed by atoms with E-state index in [2.05, 4.69) is 5.10 Å². The molecule has 1 aromatic carbocycles. The Balaban J connectivity index is 2.23. The van der Waals surface area contributed by atoms with Crippen LogP contribution in [0.25, 0.3) is 0 Å². The average Bonchev–Trinajstić information content (AvgIpc) is 2.85. The first kappa shape index (κ1) is 14.3. The molecule has 0 saturated heterocycles. The molecule has 6 nitrogen and oxygen atoms in total. The second-order valence-electron chi connectivity index (χ2n) is 4.29. The Morgan fingerprint density at radius 3 is 2.45 bits per heavy atom. The summed E-state index contributed by atoms with van der Waals surface area (Å²) in [6.07, 6.45) is 3.20. The highest BCUT2D eigenvalue weighted by atomic mass is 32.2. The molecule has 106 valence electrons. The molecule has 20 heavy (non-hydrogen) atoms. The summed E-state index contributed by atoms with van der Waals surface area (Å²) in [5, 5.41) is 12.8. The Morgan fingerprint density at radius 2 is 1.95 bits per heavy atom. The maximum absolute atomic E-state index is 12.2. The van der Waals surface area contributed by atoms with Crippen molar-refractivity contribution in [2.45, 2.75) is 24.1 Å². The number of aromatic carboxylic acids is 1. The molecule has 0 aliphatic carbocycles. The average molecular weight is 294 g/mol. The number of aryl methyl sites for hydroxylation is 1. The van der Waals surface area contributed by atoms with Crippen LogP contribution in [0.1, 0.15) is 22.8 Å². The number of sulfone groups is 1. The first-order chi connectivity index (χ1) is 9.42. The zero-order valence-corrected chi connectivity index (χ0v) is 11.7. The van der Waals surface area contributed by atoms with Gasteiger partial charge in [-0.1, -0.05) is 0 Å². The van der Waals surface area contributed by atoms with Crippen LogP contribution in [0.5, 0.6) is 0 Å². The molecule has 0 amide bonds. The van der Waals surface area contributed by atoms with Crippen molar-refractivity contribution in [3.63, 3.8) is 0 Å². The first-order valence-electron chi connectivity index (χ1n) is 6.00. The van der Waals surface area contributed by atoms with Gasteiger partial charge in [0.15, 0.2) is 9.84 Å². The minimum absolute atomic E-state index is 0.0581. The Bertz CT molecular complexity index is 717. The van der Waals surface area contributed by atoms with Crippen molar-refractivity contribution in [2.24, 2.45) is 0 Å². The van der Waals surface area contributed by atoms with Gasteiger partial charge in [0.05, 0.1) is 22.4 Å². The summed E-state index contributed by atoms with van der Waals surface area (Å²) in [7, 11) is -3.50. The van der Waals surface area contributed by atoms with E-state index in [0.29, 0.717) is 12.1 Å². The lowest BCUT2D eigenvalue weighted by molar-refractivity contribution is 0.0696. The lowest BCUT2D eigenvalue weighted by Gasteiger charge is -2.03. The number of carbonyl (C=O) groups is 1. The van der Waals surface area contributed by atoms with E-state index in [-0.39, 0.29) is 16.2 Å². The molecule has 0 aliphatic rings. The zero-order valence-electron chi connectivity index (χ0n) is 10.9. The molecule has 2 aromatic rings. The molecular weight excluding hydrogens is 280 g/mol. The van der Waals surface area contributed by atoms with Crippen LogP contribution in [0.4, 0.5) is 0 Å². The van der Waals surface area contributed by atoms with Crippen molar-refractivity contribution < 1.29 is 18.3 Å². The first-order valence-corrected chi connectivity index (χ1v) is 7.65. The predicted octanol–water partition coefficient (Wildman–Crippen LogP) is 1.58. The second-order valence-corrected chi connectivity index (χ2v) is 6.28. The summed E-state index contributed by atoms with van der Waals surface area (Å²) in [5.74, 6) is -1.24. The molecule has 1 heterocycles. The van der Waals surface area contributed by atoms with Crippen molar-refractivity contribution in [3.05, 3.63) is 47.8 Å². The number of aromatic nitrogens is 2. The van der Waals surface area contributed by atoms with Gasteiger partial charge in [-0.25, -0.2) is 13.2 Å². The van der Waals surface area contributed by atoms with Crippen molar-refractivity contribution in [2.75, 3.05) is 0 Å². The summed E-state index contributed by atoms with van der Waals surface area (Å²) < 4.78 is 26.0. The summed E-state index contributed by atoms with van der Waals surface area (Å²) in [6.45, 7) is 2.59. The topological polar surface area (TPSA) is 89.3 Å². The van der Waals surface area contributed by atoms with Crippen LogP contribution in [0.15, 0.2) is 41.6 Å². The largest absolute Gasteiger partial charge is 0.478 e. The van der Waals surface area contributed by atoms with Crippen LogP contribution in [0, 0.1) is 0 Å². The van der Waals surface area contributed by atoms with Crippen LogP contribution < -0.4 is 0 Å². The molecule has 0 spiro atoms. The highest BCUT2D eigenvalue weighted by molar-refractivity contribution is 7.90. The molecule has 0 radical (unpaired) electrons. The van der Waals surface area contributed by atoms with Crippen LogP contribution in [0.3, 0.4) is 0 Å². The van der Waals surface area contributed by atoms with E-state index < -0.39 is 15.8 Å². The summed E-state index contributed by atoms with van der Waals surface area (Å²) in [4.78, 5) is 10.8. The monoisotopic (exact) mass is 294 g/mol. The quantitative estimate of drug-likeness (QED) is 0.904. The molecule has 0 fully saturated rings. The summed E-state index contributed by atoms with van der Waals surface area (Å²) in [6, 6.07) is 5.18. The van der Waals surface area contributed by atoms with Crippen LogP contribution >= 0.6 is 0 Å². The van der Waals surface area contributed by atoms with Gasteiger partial charge in [-0.3, -0.25) is 4.68 Å². The molecule has 1 N–H and O–H groups in total. The van der Waals surface area contributed by atoms with Gasteiger partial charge in [-0.2, -0.15) is 5.10 Å². The zero-order chi connectivity index (χ0) is 14.8. The second kappa shape index (κ2) is 5.46. The van der Waals surface area contributed by atoms with Crippen molar-refractivity contribution in [1.29, 1.82) is 0 Å². The fourth-order valence-electron chi connectivity index (χ4n) is 1.76. The Labute approximate surface area is 116 Å². The van der Waals surface area contributed by atoms with Crippen molar-refractivity contribution in [3.8, 4) is 0 Å². The highest BCUT2D eigenvalue weighted by Gasteiger charge is 2.17. The smallest absolute Gasteiger partial charge is 0.335 e. The van der Waals surface area contributed by atoms with Crippen molar-refractivity contribution >= 4 is 15.8 Å². The van der Waals surface area contributed by atoms with Gasteiger partial charge >= 0.3 is 5.97 Å². The van der Waals surface area contributed by atoms with E-state index >= 15 is 0 Å². The van der Waals surface area contributed by atoms with E-state index in [0.717, 1.165) is 0 Å². The van der Waals surface area contributed by atoms with Gasteiger partial charge in [0, 0.05) is 18.3 Å². The van der Waals surface area contributed by atoms with E-state index in [9.17, 15) is 13.2 Å². The maximum atomic E-state index is 12.2. The number of nitrogens with zero attached hydrogens (tertiary/aromatic N) is 2. The predicted molar refractivity (Wildman–Crippen MR) is 72.2 cm³/mol.